The molecule has 1 aliphatic heterocycles. The van der Waals surface area contributed by atoms with Crippen LogP contribution in [0.3, 0.4) is 0 Å². The molecule has 9 heavy (non-hydrogen) atoms. The van der Waals surface area contributed by atoms with E-state index in [1.165, 1.54) is 0 Å². The van der Waals surface area contributed by atoms with Crippen LogP contribution in [0.25, 0.3) is 0 Å². The van der Waals surface area contributed by atoms with Gasteiger partial charge >= 0.3 is 0 Å². The number of aliphatic hydroxyl groups excluding tert-OH is 1. The van der Waals surface area contributed by atoms with Crippen molar-refractivity contribution in [3.63, 3.8) is 0 Å². The first-order chi connectivity index (χ1) is 4.25. The Morgan fingerprint density at radius 3 is 2.11 bits per heavy atom. The van der Waals surface area contributed by atoms with Crippen molar-refractivity contribution >= 4 is 0 Å². The minimum absolute atomic E-state index is 0.0972. The predicted molar refractivity (Wildman–Crippen MR) is 35.0 cm³/mol. The Bertz CT molecular complexity index is 91.6. The van der Waals surface area contributed by atoms with Gasteiger partial charge in [0.2, 0.25) is 0 Å². The van der Waals surface area contributed by atoms with E-state index in [1.807, 2.05) is 0 Å². The molecular weight excluding hydrogens is 116 g/mol. The normalized spacial score (nSPS) is 31.7. The molecule has 0 aromatic heterocycles. The Kier molecular flexibility index (Phi) is 1.78. The summed E-state index contributed by atoms with van der Waals surface area (Å²) in [5.74, 6) is 0. The SMILES string of the molecule is CCC1(CC)COC1O. The van der Waals surface area contributed by atoms with Crippen LogP contribution in [0.5, 0.6) is 0 Å². The fourth-order valence-corrected chi connectivity index (χ4v) is 1.20. The highest BCUT2D eigenvalue weighted by Gasteiger charge is 2.44. The van der Waals surface area contributed by atoms with E-state index in [0.29, 0.717) is 0 Å². The van der Waals surface area contributed by atoms with Gasteiger partial charge in [-0.15, -0.1) is 0 Å². The second-order valence-corrected chi connectivity index (χ2v) is 2.73. The average Bonchev–Trinajstić information content (AvgIpc) is 1.89. The van der Waals surface area contributed by atoms with Crippen molar-refractivity contribution in [1.29, 1.82) is 0 Å². The van der Waals surface area contributed by atoms with Gasteiger partial charge in [0.1, 0.15) is 0 Å². The first-order valence-corrected chi connectivity index (χ1v) is 3.55. The topological polar surface area (TPSA) is 29.5 Å². The third kappa shape index (κ3) is 0.864. The van der Waals surface area contributed by atoms with E-state index in [0.717, 1.165) is 19.4 Å². The molecule has 0 aromatic carbocycles. The molecule has 0 aromatic rings. The summed E-state index contributed by atoms with van der Waals surface area (Å²) in [6.07, 6.45) is 1.54. The molecule has 2 nitrogen and oxygen atoms in total. The van der Waals surface area contributed by atoms with Crippen molar-refractivity contribution in [2.45, 2.75) is 33.0 Å². The summed E-state index contributed by atoms with van der Waals surface area (Å²) in [5, 5.41) is 9.14. The van der Waals surface area contributed by atoms with Gasteiger partial charge in [-0.25, -0.2) is 0 Å². The smallest absolute Gasteiger partial charge is 0.162 e. The van der Waals surface area contributed by atoms with Crippen LogP contribution >= 0.6 is 0 Å². The van der Waals surface area contributed by atoms with Crippen molar-refractivity contribution in [3.05, 3.63) is 0 Å². The zero-order chi connectivity index (χ0) is 6.91. The minimum Gasteiger partial charge on any atom is -0.367 e. The maximum Gasteiger partial charge on any atom is 0.162 e. The van der Waals surface area contributed by atoms with Crippen LogP contribution in [0.1, 0.15) is 26.7 Å². The summed E-state index contributed by atoms with van der Waals surface area (Å²) in [6.45, 7) is 4.92. The van der Waals surface area contributed by atoms with Crippen LogP contribution in [-0.2, 0) is 4.74 Å². The van der Waals surface area contributed by atoms with Gasteiger partial charge in [0.05, 0.1) is 6.61 Å². The van der Waals surface area contributed by atoms with E-state index < -0.39 is 6.29 Å². The van der Waals surface area contributed by atoms with Crippen LogP contribution < -0.4 is 0 Å². The Morgan fingerprint density at radius 1 is 1.56 bits per heavy atom. The van der Waals surface area contributed by atoms with E-state index in [1.54, 1.807) is 0 Å². The van der Waals surface area contributed by atoms with Crippen LogP contribution in [0.4, 0.5) is 0 Å². The number of hydrogen-bond donors (Lipinski definition) is 1. The van der Waals surface area contributed by atoms with E-state index in [2.05, 4.69) is 13.8 Å². The monoisotopic (exact) mass is 130 g/mol. The molecule has 1 atom stereocenters. The van der Waals surface area contributed by atoms with Crippen LogP contribution in [0, 0.1) is 5.41 Å². The maximum atomic E-state index is 9.14. The van der Waals surface area contributed by atoms with Gasteiger partial charge in [-0.05, 0) is 12.8 Å². The van der Waals surface area contributed by atoms with Crippen LogP contribution in [-0.4, -0.2) is 18.0 Å². The molecule has 0 saturated carbocycles. The van der Waals surface area contributed by atoms with Gasteiger partial charge in [0, 0.05) is 5.41 Å². The zero-order valence-corrected chi connectivity index (χ0v) is 6.05. The quantitative estimate of drug-likeness (QED) is 0.607. The second-order valence-electron chi connectivity index (χ2n) is 2.73. The van der Waals surface area contributed by atoms with Crippen molar-refractivity contribution < 1.29 is 9.84 Å². The van der Waals surface area contributed by atoms with Gasteiger partial charge < -0.3 is 9.84 Å². The third-order valence-corrected chi connectivity index (χ3v) is 2.46. The molecule has 0 aliphatic carbocycles. The summed E-state index contributed by atoms with van der Waals surface area (Å²) < 4.78 is 4.88. The Balaban J connectivity index is 2.48. The molecule has 1 aliphatic rings. The molecule has 0 amide bonds. The summed E-state index contributed by atoms with van der Waals surface area (Å²) in [5.41, 5.74) is 0.0972. The minimum atomic E-state index is -0.493. The molecule has 1 rings (SSSR count). The van der Waals surface area contributed by atoms with Crippen molar-refractivity contribution in [2.75, 3.05) is 6.61 Å². The lowest BCUT2D eigenvalue weighted by Crippen LogP contribution is -2.50. The third-order valence-electron chi connectivity index (χ3n) is 2.46. The van der Waals surface area contributed by atoms with Gasteiger partial charge in [0.15, 0.2) is 6.29 Å². The second kappa shape index (κ2) is 2.27. The molecule has 1 saturated heterocycles. The highest BCUT2D eigenvalue weighted by Crippen LogP contribution is 2.39. The summed E-state index contributed by atoms with van der Waals surface area (Å²) in [7, 11) is 0. The molecule has 54 valence electrons. The average molecular weight is 130 g/mol. The molecule has 1 N–H and O–H groups in total. The van der Waals surface area contributed by atoms with Gasteiger partial charge in [-0.3, -0.25) is 0 Å². The van der Waals surface area contributed by atoms with E-state index in [9.17, 15) is 0 Å². The first-order valence-electron chi connectivity index (χ1n) is 3.55. The number of ether oxygens (including phenoxy) is 1. The summed E-state index contributed by atoms with van der Waals surface area (Å²) >= 11 is 0. The van der Waals surface area contributed by atoms with Gasteiger partial charge in [-0.2, -0.15) is 0 Å². The Morgan fingerprint density at radius 2 is 2.11 bits per heavy atom. The largest absolute Gasteiger partial charge is 0.367 e. The molecule has 1 unspecified atom stereocenters. The van der Waals surface area contributed by atoms with E-state index in [-0.39, 0.29) is 5.41 Å². The maximum absolute atomic E-state index is 9.14. The Labute approximate surface area is 55.8 Å². The number of hydrogen-bond acceptors (Lipinski definition) is 2. The number of rotatable bonds is 2. The highest BCUT2D eigenvalue weighted by molar-refractivity contribution is 4.86. The van der Waals surface area contributed by atoms with Crippen molar-refractivity contribution in [2.24, 2.45) is 5.41 Å². The molecule has 1 fully saturated rings. The van der Waals surface area contributed by atoms with Crippen molar-refractivity contribution in [3.8, 4) is 0 Å². The first kappa shape index (κ1) is 7.03. The van der Waals surface area contributed by atoms with Crippen LogP contribution in [0.15, 0.2) is 0 Å². The Hall–Kier alpha value is -0.0800. The fourth-order valence-electron chi connectivity index (χ4n) is 1.20. The molecule has 0 spiro atoms. The van der Waals surface area contributed by atoms with E-state index >= 15 is 0 Å². The zero-order valence-electron chi connectivity index (χ0n) is 6.05. The molecule has 2 heteroatoms. The lowest BCUT2D eigenvalue weighted by molar-refractivity contribution is -0.290. The van der Waals surface area contributed by atoms with Gasteiger partial charge in [-0.1, -0.05) is 13.8 Å². The lowest BCUT2D eigenvalue weighted by Gasteiger charge is -2.45. The molecular formula is C7H14O2. The molecule has 0 bridgehead atoms. The van der Waals surface area contributed by atoms with Crippen LogP contribution in [0.2, 0.25) is 0 Å². The summed E-state index contributed by atoms with van der Waals surface area (Å²) in [6, 6.07) is 0. The molecule has 0 radical (unpaired) electrons. The predicted octanol–water partition coefficient (Wildman–Crippen LogP) is 1.14. The van der Waals surface area contributed by atoms with Gasteiger partial charge in [0.25, 0.3) is 0 Å². The fraction of sp³-hybridized carbons (Fsp3) is 1.00. The highest BCUT2D eigenvalue weighted by atomic mass is 16.6. The van der Waals surface area contributed by atoms with Crippen molar-refractivity contribution in [1.82, 2.24) is 0 Å². The standard InChI is InChI=1S/C7H14O2/c1-3-7(4-2)5-9-6(7)8/h6,8H,3-5H2,1-2H3. The van der Waals surface area contributed by atoms with E-state index in [4.69, 9.17) is 9.84 Å². The summed E-state index contributed by atoms with van der Waals surface area (Å²) in [4.78, 5) is 0. The number of aliphatic hydroxyl groups is 1. The lowest BCUT2D eigenvalue weighted by atomic mass is 9.79. The molecule has 1 heterocycles.